The summed E-state index contributed by atoms with van der Waals surface area (Å²) in [6.07, 6.45) is 0. The van der Waals surface area contributed by atoms with Crippen LogP contribution in [-0.4, -0.2) is 15.5 Å². The zero-order valence-corrected chi connectivity index (χ0v) is 8.91. The molecule has 0 aliphatic carbocycles. The van der Waals surface area contributed by atoms with Crippen molar-refractivity contribution in [2.75, 3.05) is 7.11 Å². The molecule has 0 fully saturated rings. The summed E-state index contributed by atoms with van der Waals surface area (Å²) in [7, 11) is -2.39. The van der Waals surface area contributed by atoms with Crippen molar-refractivity contribution in [1.82, 2.24) is 0 Å². The smallest absolute Gasteiger partial charge is 0.270 e. The summed E-state index contributed by atoms with van der Waals surface area (Å²) in [5.41, 5.74) is 1.53. The molecule has 1 aromatic rings. The highest BCUT2D eigenvalue weighted by Gasteiger charge is 2.05. The van der Waals surface area contributed by atoms with Gasteiger partial charge in [-0.1, -0.05) is 30.3 Å². The third kappa shape index (κ3) is 2.97. The number of rotatable bonds is 3. The van der Waals surface area contributed by atoms with Crippen LogP contribution in [0.25, 0.3) is 5.57 Å². The molecule has 14 heavy (non-hydrogen) atoms. The third-order valence-electron chi connectivity index (χ3n) is 1.78. The minimum Gasteiger partial charge on any atom is -0.270 e. The predicted molar refractivity (Wildman–Crippen MR) is 56.0 cm³/mol. The highest BCUT2D eigenvalue weighted by molar-refractivity contribution is 7.89. The summed E-state index contributed by atoms with van der Waals surface area (Å²) < 4.78 is 26.5. The van der Waals surface area contributed by atoms with Crippen molar-refractivity contribution in [3.63, 3.8) is 0 Å². The van der Waals surface area contributed by atoms with Crippen LogP contribution < -0.4 is 0 Å². The fourth-order valence-electron chi connectivity index (χ4n) is 1.03. The van der Waals surface area contributed by atoms with Crippen LogP contribution in [-0.2, 0) is 14.3 Å². The van der Waals surface area contributed by atoms with Crippen molar-refractivity contribution in [2.45, 2.75) is 6.92 Å². The lowest BCUT2D eigenvalue weighted by Gasteiger charge is -2.00. The van der Waals surface area contributed by atoms with E-state index >= 15 is 0 Å². The first kappa shape index (κ1) is 10.9. The van der Waals surface area contributed by atoms with E-state index in [0.29, 0.717) is 5.57 Å². The monoisotopic (exact) mass is 212 g/mol. The lowest BCUT2D eigenvalue weighted by Crippen LogP contribution is -1.97. The standard InChI is InChI=1S/C10H12O3S/c1-9(8-14(11,12)13-2)10-6-4-3-5-7-10/h3-8H,1-2H3. The van der Waals surface area contributed by atoms with Gasteiger partial charge in [0.05, 0.1) is 12.5 Å². The van der Waals surface area contributed by atoms with E-state index in [2.05, 4.69) is 4.18 Å². The van der Waals surface area contributed by atoms with Gasteiger partial charge in [0.25, 0.3) is 10.1 Å². The third-order valence-corrected chi connectivity index (χ3v) is 2.89. The van der Waals surface area contributed by atoms with Crippen LogP contribution in [0.1, 0.15) is 12.5 Å². The van der Waals surface area contributed by atoms with Gasteiger partial charge in [0.2, 0.25) is 0 Å². The lowest BCUT2D eigenvalue weighted by atomic mass is 10.1. The fourth-order valence-corrected chi connectivity index (χ4v) is 1.70. The number of hydrogen-bond donors (Lipinski definition) is 0. The Morgan fingerprint density at radius 3 is 2.36 bits per heavy atom. The van der Waals surface area contributed by atoms with Crippen LogP contribution in [0, 0.1) is 0 Å². The molecule has 0 atom stereocenters. The minimum absolute atomic E-state index is 0.660. The van der Waals surface area contributed by atoms with E-state index in [1.165, 1.54) is 0 Å². The molecule has 76 valence electrons. The maximum Gasteiger partial charge on any atom is 0.290 e. The second kappa shape index (κ2) is 4.39. The van der Waals surface area contributed by atoms with E-state index in [4.69, 9.17) is 0 Å². The van der Waals surface area contributed by atoms with E-state index in [1.54, 1.807) is 6.92 Å². The van der Waals surface area contributed by atoms with E-state index in [9.17, 15) is 8.42 Å². The van der Waals surface area contributed by atoms with Crippen molar-refractivity contribution in [1.29, 1.82) is 0 Å². The van der Waals surface area contributed by atoms with Crippen LogP contribution in [0.2, 0.25) is 0 Å². The largest absolute Gasteiger partial charge is 0.290 e. The molecule has 0 aromatic heterocycles. The Balaban J connectivity index is 3.03. The molecular formula is C10H12O3S. The van der Waals surface area contributed by atoms with Crippen molar-refractivity contribution in [3.05, 3.63) is 41.3 Å². The average molecular weight is 212 g/mol. The second-order valence-corrected chi connectivity index (χ2v) is 4.38. The van der Waals surface area contributed by atoms with Crippen LogP contribution in [0.5, 0.6) is 0 Å². The molecule has 0 radical (unpaired) electrons. The minimum atomic E-state index is -3.53. The Morgan fingerprint density at radius 2 is 1.86 bits per heavy atom. The van der Waals surface area contributed by atoms with Gasteiger partial charge in [-0.2, -0.15) is 8.42 Å². The zero-order valence-electron chi connectivity index (χ0n) is 8.10. The number of benzene rings is 1. The Hall–Kier alpha value is -1.13. The van der Waals surface area contributed by atoms with Gasteiger partial charge in [0, 0.05) is 0 Å². The van der Waals surface area contributed by atoms with Crippen molar-refractivity contribution >= 4 is 15.7 Å². The summed E-state index contributed by atoms with van der Waals surface area (Å²) in [5, 5.41) is 1.11. The van der Waals surface area contributed by atoms with Gasteiger partial charge in [-0.3, -0.25) is 4.18 Å². The maximum atomic E-state index is 11.1. The highest BCUT2D eigenvalue weighted by atomic mass is 32.2. The topological polar surface area (TPSA) is 43.4 Å². The molecule has 0 saturated carbocycles. The first-order chi connectivity index (χ1) is 6.55. The highest BCUT2D eigenvalue weighted by Crippen LogP contribution is 2.14. The van der Waals surface area contributed by atoms with Gasteiger partial charge in [-0.05, 0) is 18.1 Å². The molecule has 3 nitrogen and oxygen atoms in total. The maximum absolute atomic E-state index is 11.1. The molecule has 4 heteroatoms. The van der Waals surface area contributed by atoms with Crippen LogP contribution in [0.15, 0.2) is 35.7 Å². The summed E-state index contributed by atoms with van der Waals surface area (Å²) in [6.45, 7) is 1.73. The molecule has 0 heterocycles. The molecule has 0 amide bonds. The molecular weight excluding hydrogens is 200 g/mol. The Bertz CT molecular complexity index is 418. The van der Waals surface area contributed by atoms with Crippen molar-refractivity contribution in [2.24, 2.45) is 0 Å². The van der Waals surface area contributed by atoms with Gasteiger partial charge in [0.15, 0.2) is 0 Å². The average Bonchev–Trinajstić information content (AvgIpc) is 2.19. The van der Waals surface area contributed by atoms with Gasteiger partial charge in [0.1, 0.15) is 0 Å². The Kier molecular flexibility index (Phi) is 3.43. The van der Waals surface area contributed by atoms with Crippen molar-refractivity contribution in [3.8, 4) is 0 Å². The summed E-state index contributed by atoms with van der Waals surface area (Å²) >= 11 is 0. The number of hydrogen-bond acceptors (Lipinski definition) is 3. The molecule has 1 rings (SSSR count). The van der Waals surface area contributed by atoms with Crippen LogP contribution >= 0.6 is 0 Å². The molecule has 0 spiro atoms. The first-order valence-corrected chi connectivity index (χ1v) is 5.56. The molecule has 0 N–H and O–H groups in total. The summed E-state index contributed by atoms with van der Waals surface area (Å²) in [6, 6.07) is 9.27. The SMILES string of the molecule is COS(=O)(=O)C=C(C)c1ccccc1. The first-order valence-electron chi connectivity index (χ1n) is 4.09. The molecule has 0 aliphatic rings. The zero-order chi connectivity index (χ0) is 10.6. The molecule has 0 bridgehead atoms. The summed E-state index contributed by atoms with van der Waals surface area (Å²) in [4.78, 5) is 0. The van der Waals surface area contributed by atoms with Crippen LogP contribution in [0.3, 0.4) is 0 Å². The van der Waals surface area contributed by atoms with Gasteiger partial charge >= 0.3 is 0 Å². The lowest BCUT2D eigenvalue weighted by molar-refractivity contribution is 0.406. The van der Waals surface area contributed by atoms with E-state index in [-0.39, 0.29) is 0 Å². The normalized spacial score (nSPS) is 12.9. The van der Waals surface area contributed by atoms with Gasteiger partial charge in [-0.15, -0.1) is 0 Å². The quantitative estimate of drug-likeness (QED) is 0.720. The molecule has 0 unspecified atom stereocenters. The summed E-state index contributed by atoms with van der Waals surface area (Å²) in [5.74, 6) is 0. The molecule has 1 aromatic carbocycles. The molecule has 0 saturated heterocycles. The Morgan fingerprint density at radius 1 is 1.29 bits per heavy atom. The predicted octanol–water partition coefficient (Wildman–Crippen LogP) is 2.02. The van der Waals surface area contributed by atoms with Gasteiger partial charge < -0.3 is 0 Å². The molecule has 0 aliphatic heterocycles. The van der Waals surface area contributed by atoms with Gasteiger partial charge in [-0.25, -0.2) is 0 Å². The number of allylic oxidation sites excluding steroid dienone is 1. The van der Waals surface area contributed by atoms with Crippen molar-refractivity contribution < 1.29 is 12.6 Å². The fraction of sp³-hybridized carbons (Fsp3) is 0.200. The van der Waals surface area contributed by atoms with Crippen LogP contribution in [0.4, 0.5) is 0 Å². The van der Waals surface area contributed by atoms with E-state index < -0.39 is 10.1 Å². The Labute approximate surface area is 84.1 Å². The second-order valence-electron chi connectivity index (χ2n) is 2.83. The van der Waals surface area contributed by atoms with E-state index in [0.717, 1.165) is 18.1 Å². The van der Waals surface area contributed by atoms with E-state index in [1.807, 2.05) is 30.3 Å².